The second-order valence-corrected chi connectivity index (χ2v) is 8.55. The van der Waals surface area contributed by atoms with Gasteiger partial charge in [-0.15, -0.1) is 8.58 Å². The third kappa shape index (κ3) is 11.1. The third-order valence-electron chi connectivity index (χ3n) is 4.82. The molecule has 1 unspecified atom stereocenters. The predicted molar refractivity (Wildman–Crippen MR) is 96.5 cm³/mol. The molecule has 0 amide bonds. The fourth-order valence-electron chi connectivity index (χ4n) is 3.40. The van der Waals surface area contributed by atoms with Gasteiger partial charge in [0.15, 0.2) is 0 Å². The summed E-state index contributed by atoms with van der Waals surface area (Å²) < 4.78 is 0. The topological polar surface area (TPSA) is 0 Å². The van der Waals surface area contributed by atoms with Crippen molar-refractivity contribution < 1.29 is 0 Å². The Morgan fingerprint density at radius 3 is 1.75 bits per heavy atom. The lowest BCUT2D eigenvalue weighted by Crippen LogP contribution is -2.04. The average molecular weight is 298 g/mol. The van der Waals surface area contributed by atoms with E-state index >= 15 is 0 Å². The van der Waals surface area contributed by atoms with Crippen molar-refractivity contribution in [1.82, 2.24) is 0 Å². The summed E-state index contributed by atoms with van der Waals surface area (Å²) in [5.74, 6) is 0. The van der Waals surface area contributed by atoms with Gasteiger partial charge in [-0.2, -0.15) is 0 Å². The first-order valence-corrected chi connectivity index (χ1v) is 11.0. The van der Waals surface area contributed by atoms with E-state index in [1.54, 1.807) is 19.0 Å². The minimum Gasteiger partial charge on any atom is -0.119 e. The van der Waals surface area contributed by atoms with Crippen LogP contribution in [0.2, 0.25) is 0 Å². The molecule has 1 heteroatoms. The first-order valence-electron chi connectivity index (χ1n) is 9.67. The van der Waals surface area contributed by atoms with Crippen molar-refractivity contribution in [2.75, 3.05) is 6.16 Å². The molecule has 0 nitrogen and oxygen atoms in total. The van der Waals surface area contributed by atoms with E-state index in [0.29, 0.717) is 0 Å². The normalized spacial score (nSPS) is 18.4. The van der Waals surface area contributed by atoms with Crippen LogP contribution >= 0.6 is 8.58 Å². The van der Waals surface area contributed by atoms with Crippen LogP contribution in [-0.4, -0.2) is 11.8 Å². The zero-order chi connectivity index (χ0) is 14.3. The van der Waals surface area contributed by atoms with Gasteiger partial charge in [-0.05, 0) is 31.1 Å². The zero-order valence-electron chi connectivity index (χ0n) is 14.1. The van der Waals surface area contributed by atoms with E-state index in [1.807, 2.05) is 0 Å². The van der Waals surface area contributed by atoms with Crippen molar-refractivity contribution in [3.8, 4) is 0 Å². The standard InChI is InChI=1S/C19H39P/c1-2-3-4-5-6-7-8-12-15-18-20-19-16-13-10-9-11-14-17-19/h19-20H,2-18H2,1H3. The molecular formula is C19H39P. The first-order chi connectivity index (χ1) is 9.93. The fraction of sp³-hybridized carbons (Fsp3) is 1.00. The predicted octanol–water partition coefficient (Wildman–Crippen LogP) is 7.31. The van der Waals surface area contributed by atoms with Crippen LogP contribution in [0, 0.1) is 0 Å². The average Bonchev–Trinajstić information content (AvgIpc) is 2.42. The Hall–Kier alpha value is 0.430. The van der Waals surface area contributed by atoms with Crippen molar-refractivity contribution in [1.29, 1.82) is 0 Å². The van der Waals surface area contributed by atoms with Gasteiger partial charge in [0, 0.05) is 0 Å². The second kappa shape index (κ2) is 14.4. The summed E-state index contributed by atoms with van der Waals surface area (Å²) in [6, 6.07) is 0. The van der Waals surface area contributed by atoms with Gasteiger partial charge in [0.1, 0.15) is 0 Å². The molecule has 120 valence electrons. The van der Waals surface area contributed by atoms with Gasteiger partial charge in [-0.25, -0.2) is 0 Å². The van der Waals surface area contributed by atoms with E-state index in [0.717, 1.165) is 5.66 Å². The number of hydrogen-bond acceptors (Lipinski definition) is 0. The highest BCUT2D eigenvalue weighted by molar-refractivity contribution is 7.38. The minimum absolute atomic E-state index is 1.12. The summed E-state index contributed by atoms with van der Waals surface area (Å²) in [6.07, 6.45) is 25.5. The lowest BCUT2D eigenvalue weighted by Gasteiger charge is -2.19. The maximum atomic E-state index is 2.30. The molecular weight excluding hydrogens is 259 g/mol. The van der Waals surface area contributed by atoms with Crippen molar-refractivity contribution in [3.63, 3.8) is 0 Å². The third-order valence-corrected chi connectivity index (χ3v) is 6.62. The highest BCUT2D eigenvalue weighted by Crippen LogP contribution is 2.32. The minimum atomic E-state index is 1.12. The van der Waals surface area contributed by atoms with Crippen LogP contribution in [0.5, 0.6) is 0 Å². The number of rotatable bonds is 11. The van der Waals surface area contributed by atoms with Gasteiger partial charge in [0.05, 0.1) is 0 Å². The molecule has 0 radical (unpaired) electrons. The Morgan fingerprint density at radius 1 is 0.650 bits per heavy atom. The van der Waals surface area contributed by atoms with Gasteiger partial charge >= 0.3 is 0 Å². The van der Waals surface area contributed by atoms with E-state index in [1.165, 1.54) is 98.5 Å². The fourth-order valence-corrected chi connectivity index (χ4v) is 5.08. The molecule has 0 bridgehead atoms. The number of unbranched alkanes of at least 4 members (excludes halogenated alkanes) is 8. The van der Waals surface area contributed by atoms with Crippen molar-refractivity contribution in [2.45, 2.75) is 115 Å². The van der Waals surface area contributed by atoms with Gasteiger partial charge in [0.2, 0.25) is 0 Å². The maximum Gasteiger partial charge on any atom is -0.0237 e. The van der Waals surface area contributed by atoms with Crippen molar-refractivity contribution in [3.05, 3.63) is 0 Å². The molecule has 1 fully saturated rings. The van der Waals surface area contributed by atoms with Crippen molar-refractivity contribution >= 4 is 8.58 Å². The van der Waals surface area contributed by atoms with E-state index in [9.17, 15) is 0 Å². The van der Waals surface area contributed by atoms with Crippen LogP contribution < -0.4 is 0 Å². The van der Waals surface area contributed by atoms with Crippen molar-refractivity contribution in [2.24, 2.45) is 0 Å². The molecule has 1 aliphatic carbocycles. The van der Waals surface area contributed by atoms with E-state index in [-0.39, 0.29) is 0 Å². The Morgan fingerprint density at radius 2 is 1.15 bits per heavy atom. The molecule has 0 aromatic carbocycles. The quantitative estimate of drug-likeness (QED) is 0.277. The van der Waals surface area contributed by atoms with Crippen LogP contribution in [0.3, 0.4) is 0 Å². The Bertz CT molecular complexity index is 182. The van der Waals surface area contributed by atoms with Crippen LogP contribution in [0.1, 0.15) is 110 Å². The van der Waals surface area contributed by atoms with Gasteiger partial charge in [-0.3, -0.25) is 0 Å². The van der Waals surface area contributed by atoms with Gasteiger partial charge in [0.25, 0.3) is 0 Å². The van der Waals surface area contributed by atoms with Crippen LogP contribution in [0.4, 0.5) is 0 Å². The molecule has 0 saturated heterocycles. The molecule has 20 heavy (non-hydrogen) atoms. The molecule has 0 aliphatic heterocycles. The van der Waals surface area contributed by atoms with Crippen LogP contribution in [-0.2, 0) is 0 Å². The van der Waals surface area contributed by atoms with Gasteiger partial charge in [-0.1, -0.05) is 90.4 Å². The molecule has 1 atom stereocenters. The maximum absolute atomic E-state index is 2.30. The van der Waals surface area contributed by atoms with Gasteiger partial charge < -0.3 is 0 Å². The van der Waals surface area contributed by atoms with E-state index < -0.39 is 0 Å². The van der Waals surface area contributed by atoms with Crippen LogP contribution in [0.15, 0.2) is 0 Å². The summed E-state index contributed by atoms with van der Waals surface area (Å²) >= 11 is 0. The monoisotopic (exact) mass is 298 g/mol. The van der Waals surface area contributed by atoms with Crippen LogP contribution in [0.25, 0.3) is 0 Å². The number of hydrogen-bond donors (Lipinski definition) is 0. The smallest absolute Gasteiger partial charge is 0.0237 e. The molecule has 1 saturated carbocycles. The Labute approximate surface area is 130 Å². The second-order valence-electron chi connectivity index (χ2n) is 6.82. The first kappa shape index (κ1) is 18.5. The molecule has 0 spiro atoms. The largest absolute Gasteiger partial charge is 0.119 e. The Balaban J connectivity index is 1.81. The lowest BCUT2D eigenvalue weighted by atomic mass is 10.0. The summed E-state index contributed by atoms with van der Waals surface area (Å²) in [5, 5.41) is 0. The summed E-state index contributed by atoms with van der Waals surface area (Å²) in [7, 11) is 1.29. The molecule has 0 N–H and O–H groups in total. The Kier molecular flexibility index (Phi) is 13.3. The molecule has 1 rings (SSSR count). The molecule has 0 aromatic heterocycles. The molecule has 0 aromatic rings. The summed E-state index contributed by atoms with van der Waals surface area (Å²) in [4.78, 5) is 0. The zero-order valence-corrected chi connectivity index (χ0v) is 15.1. The summed E-state index contributed by atoms with van der Waals surface area (Å²) in [5.41, 5.74) is 1.12. The molecule has 1 aliphatic rings. The SMILES string of the molecule is CCCCCCCCCCCPC1CCCCCCC1. The highest BCUT2D eigenvalue weighted by atomic mass is 31.1. The van der Waals surface area contributed by atoms with E-state index in [2.05, 4.69) is 6.92 Å². The highest BCUT2D eigenvalue weighted by Gasteiger charge is 2.10. The molecule has 0 heterocycles. The summed E-state index contributed by atoms with van der Waals surface area (Å²) in [6.45, 7) is 2.30. The van der Waals surface area contributed by atoms with E-state index in [4.69, 9.17) is 0 Å². The lowest BCUT2D eigenvalue weighted by molar-refractivity contribution is 0.510.